The normalized spacial score (nSPS) is 10.2. The molecule has 4 nitrogen and oxygen atoms in total. The predicted octanol–water partition coefficient (Wildman–Crippen LogP) is 4.22. The van der Waals surface area contributed by atoms with Gasteiger partial charge in [0.05, 0.1) is 5.75 Å². The van der Waals surface area contributed by atoms with Crippen LogP contribution in [0, 0.1) is 3.57 Å². The monoisotopic (exact) mass is 461 g/mol. The molecule has 1 amide bonds. The Labute approximate surface area is 157 Å². The van der Waals surface area contributed by atoms with Gasteiger partial charge in [0.2, 0.25) is 0 Å². The lowest BCUT2D eigenvalue weighted by Crippen LogP contribution is -2.21. The van der Waals surface area contributed by atoms with Gasteiger partial charge in [-0.15, -0.1) is 11.8 Å². The van der Waals surface area contributed by atoms with Gasteiger partial charge >= 0.3 is 5.97 Å². The second kappa shape index (κ2) is 9.14. The number of ether oxygens (including phenoxy) is 1. The molecule has 2 aromatic carbocycles. The van der Waals surface area contributed by atoms with Gasteiger partial charge in [-0.05, 0) is 65.1 Å². The average molecular weight is 462 g/mol. The number of rotatable bonds is 6. The van der Waals surface area contributed by atoms with Crippen LogP contribution in [0.1, 0.15) is 0 Å². The molecule has 0 aliphatic heterocycles. The van der Waals surface area contributed by atoms with E-state index in [1.807, 2.05) is 30.3 Å². The van der Waals surface area contributed by atoms with Crippen molar-refractivity contribution < 1.29 is 14.3 Å². The summed E-state index contributed by atoms with van der Waals surface area (Å²) >= 11 is 9.27. The maximum absolute atomic E-state index is 11.7. The van der Waals surface area contributed by atoms with E-state index in [2.05, 4.69) is 27.9 Å². The van der Waals surface area contributed by atoms with E-state index in [1.165, 1.54) is 11.8 Å². The van der Waals surface area contributed by atoms with E-state index in [-0.39, 0.29) is 18.3 Å². The van der Waals surface area contributed by atoms with Gasteiger partial charge in [0, 0.05) is 19.2 Å². The number of hydrogen-bond donors (Lipinski definition) is 1. The molecule has 0 atom stereocenters. The molecule has 0 saturated heterocycles. The molecule has 7 heteroatoms. The summed E-state index contributed by atoms with van der Waals surface area (Å²) in [7, 11) is 0. The second-order valence-corrected chi connectivity index (χ2v) is 7.19. The maximum atomic E-state index is 11.7. The molecule has 0 saturated carbocycles. The van der Waals surface area contributed by atoms with E-state index in [9.17, 15) is 9.59 Å². The minimum absolute atomic E-state index is 0.137. The SMILES string of the molecule is O=C(COC(=O)CSc1ccc(Cl)cc1)Nc1cccc(I)c1. The topological polar surface area (TPSA) is 55.4 Å². The van der Waals surface area contributed by atoms with Crippen molar-refractivity contribution >= 4 is 63.5 Å². The quantitative estimate of drug-likeness (QED) is 0.398. The molecule has 0 bridgehead atoms. The molecular formula is C16H13ClINO3S. The number of hydrogen-bond acceptors (Lipinski definition) is 4. The van der Waals surface area contributed by atoms with Crippen LogP contribution in [0.25, 0.3) is 0 Å². The largest absolute Gasteiger partial charge is 0.455 e. The molecule has 0 radical (unpaired) electrons. The summed E-state index contributed by atoms with van der Waals surface area (Å²) in [5.74, 6) is -0.669. The van der Waals surface area contributed by atoms with Crippen molar-refractivity contribution in [2.45, 2.75) is 4.90 Å². The molecule has 0 aromatic heterocycles. The standard InChI is InChI=1S/C16H13ClINO3S/c17-11-4-6-14(7-5-11)23-10-16(21)22-9-15(20)19-13-3-1-2-12(18)8-13/h1-8H,9-10H2,(H,19,20). The van der Waals surface area contributed by atoms with E-state index < -0.39 is 5.97 Å². The molecule has 0 unspecified atom stereocenters. The van der Waals surface area contributed by atoms with Crippen molar-refractivity contribution in [1.82, 2.24) is 0 Å². The Balaban J connectivity index is 1.71. The van der Waals surface area contributed by atoms with Crippen LogP contribution in [0.3, 0.4) is 0 Å². The third-order valence-electron chi connectivity index (χ3n) is 2.64. The van der Waals surface area contributed by atoms with E-state index >= 15 is 0 Å². The lowest BCUT2D eigenvalue weighted by atomic mass is 10.3. The van der Waals surface area contributed by atoms with Crippen LogP contribution in [-0.2, 0) is 14.3 Å². The fourth-order valence-corrected chi connectivity index (χ4v) is 2.99. The summed E-state index contributed by atoms with van der Waals surface area (Å²) < 4.78 is 5.96. The van der Waals surface area contributed by atoms with Crippen molar-refractivity contribution in [1.29, 1.82) is 0 Å². The van der Waals surface area contributed by atoms with Gasteiger partial charge < -0.3 is 10.1 Å². The van der Waals surface area contributed by atoms with Crippen molar-refractivity contribution in [3.63, 3.8) is 0 Å². The molecular weight excluding hydrogens is 449 g/mol. The number of thioether (sulfide) groups is 1. The highest BCUT2D eigenvalue weighted by molar-refractivity contribution is 14.1. The molecule has 23 heavy (non-hydrogen) atoms. The summed E-state index contributed by atoms with van der Waals surface area (Å²) in [6.45, 7) is -0.300. The summed E-state index contributed by atoms with van der Waals surface area (Å²) in [5, 5.41) is 3.32. The first-order valence-corrected chi connectivity index (χ1v) is 9.06. The number of carbonyl (C=O) groups is 2. The van der Waals surface area contributed by atoms with Gasteiger partial charge in [0.25, 0.3) is 5.91 Å². The number of halogens is 2. The summed E-state index contributed by atoms with van der Waals surface area (Å²) in [4.78, 5) is 24.3. The van der Waals surface area contributed by atoms with Crippen LogP contribution >= 0.6 is 46.0 Å². The van der Waals surface area contributed by atoms with Crippen LogP contribution in [0.4, 0.5) is 5.69 Å². The fraction of sp³-hybridized carbons (Fsp3) is 0.125. The van der Waals surface area contributed by atoms with Crippen LogP contribution in [0.2, 0.25) is 5.02 Å². The molecule has 2 aromatic rings. The lowest BCUT2D eigenvalue weighted by molar-refractivity contribution is -0.144. The lowest BCUT2D eigenvalue weighted by Gasteiger charge is -2.07. The van der Waals surface area contributed by atoms with Crippen LogP contribution in [0.15, 0.2) is 53.4 Å². The minimum Gasteiger partial charge on any atom is -0.455 e. The van der Waals surface area contributed by atoms with Gasteiger partial charge in [-0.25, -0.2) is 0 Å². The zero-order valence-corrected chi connectivity index (χ0v) is 15.7. The first-order chi connectivity index (χ1) is 11.0. The first-order valence-electron chi connectivity index (χ1n) is 6.62. The third kappa shape index (κ3) is 6.80. The Bertz CT molecular complexity index is 694. The van der Waals surface area contributed by atoms with E-state index in [1.54, 1.807) is 18.2 Å². The molecule has 0 aliphatic rings. The highest BCUT2D eigenvalue weighted by atomic mass is 127. The average Bonchev–Trinajstić information content (AvgIpc) is 2.52. The Morgan fingerprint density at radius 1 is 1.17 bits per heavy atom. The van der Waals surface area contributed by atoms with Gasteiger partial charge in [-0.2, -0.15) is 0 Å². The Morgan fingerprint density at radius 3 is 2.61 bits per heavy atom. The minimum atomic E-state index is -0.442. The summed E-state index contributed by atoms with van der Waals surface area (Å²) in [5.41, 5.74) is 0.675. The molecule has 0 spiro atoms. The zero-order chi connectivity index (χ0) is 16.7. The summed E-state index contributed by atoms with van der Waals surface area (Å²) in [6, 6.07) is 14.5. The van der Waals surface area contributed by atoms with Gasteiger partial charge in [0.1, 0.15) is 0 Å². The number of carbonyl (C=O) groups excluding carboxylic acids is 2. The number of amides is 1. The number of benzene rings is 2. The first kappa shape index (κ1) is 18.1. The zero-order valence-electron chi connectivity index (χ0n) is 11.9. The molecule has 0 heterocycles. The number of anilines is 1. The van der Waals surface area contributed by atoms with Crippen molar-refractivity contribution in [3.05, 3.63) is 57.1 Å². The van der Waals surface area contributed by atoms with Crippen LogP contribution < -0.4 is 5.32 Å². The van der Waals surface area contributed by atoms with E-state index in [0.717, 1.165) is 8.47 Å². The van der Waals surface area contributed by atoms with Crippen molar-refractivity contribution in [2.24, 2.45) is 0 Å². The van der Waals surface area contributed by atoms with Crippen molar-refractivity contribution in [3.8, 4) is 0 Å². The molecule has 0 aliphatic carbocycles. The highest BCUT2D eigenvalue weighted by Gasteiger charge is 2.09. The van der Waals surface area contributed by atoms with Gasteiger partial charge in [-0.3, -0.25) is 9.59 Å². The van der Waals surface area contributed by atoms with E-state index in [4.69, 9.17) is 16.3 Å². The Kier molecular flexibility index (Phi) is 7.19. The Hall–Kier alpha value is -1.25. The number of nitrogens with one attached hydrogen (secondary N) is 1. The third-order valence-corrected chi connectivity index (χ3v) is 4.55. The molecule has 0 fully saturated rings. The summed E-state index contributed by atoms with van der Waals surface area (Å²) in [6.07, 6.45) is 0. The van der Waals surface area contributed by atoms with Crippen LogP contribution in [0.5, 0.6) is 0 Å². The highest BCUT2D eigenvalue weighted by Crippen LogP contribution is 2.20. The maximum Gasteiger partial charge on any atom is 0.316 e. The molecule has 2 rings (SSSR count). The fourth-order valence-electron chi connectivity index (χ4n) is 1.62. The van der Waals surface area contributed by atoms with Gasteiger partial charge in [0.15, 0.2) is 6.61 Å². The van der Waals surface area contributed by atoms with Crippen molar-refractivity contribution in [2.75, 3.05) is 17.7 Å². The van der Waals surface area contributed by atoms with Crippen LogP contribution in [-0.4, -0.2) is 24.2 Å². The number of esters is 1. The van der Waals surface area contributed by atoms with E-state index in [0.29, 0.717) is 10.7 Å². The Morgan fingerprint density at radius 2 is 1.91 bits per heavy atom. The van der Waals surface area contributed by atoms with Gasteiger partial charge in [-0.1, -0.05) is 17.7 Å². The smallest absolute Gasteiger partial charge is 0.316 e. The molecule has 1 N–H and O–H groups in total. The predicted molar refractivity (Wildman–Crippen MR) is 101 cm³/mol. The second-order valence-electron chi connectivity index (χ2n) is 4.46. The molecule has 120 valence electrons.